The molecule has 2 heterocycles. The molecular weight excluding hydrogens is 550 g/mol. The molecule has 2 aliphatic rings. The maximum Gasteiger partial charge on any atom is 0.253 e. The second-order valence-corrected chi connectivity index (χ2v) is 10.1. The topological polar surface area (TPSA) is 124 Å². The number of hydrogen-bond acceptors (Lipinski definition) is 10. The highest BCUT2D eigenvalue weighted by atomic mass is 35.5. The van der Waals surface area contributed by atoms with E-state index < -0.39 is 0 Å². The van der Waals surface area contributed by atoms with E-state index >= 15 is 0 Å². The highest BCUT2D eigenvalue weighted by Crippen LogP contribution is 2.33. The number of thioether (sulfide) groups is 1. The van der Waals surface area contributed by atoms with Crippen molar-refractivity contribution in [2.45, 2.75) is 64.6 Å². The Morgan fingerprint density at radius 1 is 1.23 bits per heavy atom. The van der Waals surface area contributed by atoms with Gasteiger partial charge >= 0.3 is 0 Å². The monoisotopic (exact) mass is 589 g/mol. The lowest BCUT2D eigenvalue weighted by molar-refractivity contribution is 0.0699. The lowest BCUT2D eigenvalue weighted by atomic mass is 9.99. The predicted molar refractivity (Wildman–Crippen MR) is 162 cm³/mol. The number of methoxy groups -OCH3 is 1. The van der Waals surface area contributed by atoms with Crippen LogP contribution in [0, 0.1) is 23.2 Å². The van der Waals surface area contributed by atoms with Crippen molar-refractivity contribution >= 4 is 35.2 Å². The van der Waals surface area contributed by atoms with Gasteiger partial charge in [0, 0.05) is 22.6 Å². The number of hydrogen-bond donors (Lipinski definition) is 4. The molecule has 1 aromatic heterocycles. The molecular formula is C28H40ClN7O3S. The zero-order chi connectivity index (χ0) is 29.8. The lowest BCUT2D eigenvalue weighted by Gasteiger charge is -2.22. The molecule has 3 atom stereocenters. The minimum Gasteiger partial charge on any atom is -0.493 e. The highest BCUT2D eigenvalue weighted by Gasteiger charge is 2.28. The van der Waals surface area contributed by atoms with Gasteiger partial charge in [0.15, 0.2) is 12.0 Å². The Morgan fingerprint density at radius 3 is 2.55 bits per heavy atom. The molecule has 40 heavy (non-hydrogen) atoms. The quantitative estimate of drug-likeness (QED) is 0.120. The SMILES string of the molecule is CC.CC.COc1cnc(Cl)nc1-c1cc(C(=N)OC(C)N(C)C)ccc1C(=O)NC1NNC(C#CC2CC2)S1. The predicted octanol–water partition coefficient (Wildman–Crippen LogP) is 4.70. The van der Waals surface area contributed by atoms with Gasteiger partial charge in [0.05, 0.1) is 13.3 Å². The number of amides is 1. The number of halogens is 1. The van der Waals surface area contributed by atoms with E-state index in [1.54, 1.807) is 18.2 Å². The summed E-state index contributed by atoms with van der Waals surface area (Å²) in [4.78, 5) is 23.5. The van der Waals surface area contributed by atoms with Crippen molar-refractivity contribution in [1.29, 1.82) is 5.41 Å². The van der Waals surface area contributed by atoms with Gasteiger partial charge in [-0.3, -0.25) is 15.1 Å². The average molecular weight is 590 g/mol. The molecule has 4 N–H and O–H groups in total. The summed E-state index contributed by atoms with van der Waals surface area (Å²) in [5.74, 6) is 6.87. The minimum absolute atomic E-state index is 0.00408. The normalized spacial score (nSPS) is 18.1. The van der Waals surface area contributed by atoms with E-state index in [1.807, 2.05) is 53.6 Å². The molecule has 2 fully saturated rings. The minimum atomic E-state index is -0.387. The number of ether oxygens (including phenoxy) is 2. The van der Waals surface area contributed by atoms with E-state index in [0.29, 0.717) is 34.1 Å². The van der Waals surface area contributed by atoms with Crippen LogP contribution < -0.4 is 20.9 Å². The van der Waals surface area contributed by atoms with Gasteiger partial charge in [-0.05, 0) is 63.7 Å². The van der Waals surface area contributed by atoms with Crippen LogP contribution in [-0.2, 0) is 4.74 Å². The van der Waals surface area contributed by atoms with Gasteiger partial charge in [0.25, 0.3) is 5.91 Å². The van der Waals surface area contributed by atoms with Crippen LogP contribution in [0.4, 0.5) is 0 Å². The Bertz CT molecular complexity index is 1210. The third-order valence-corrected chi connectivity index (χ3v) is 6.82. The third-order valence-electron chi connectivity index (χ3n) is 5.62. The Kier molecular flexibility index (Phi) is 13.7. The summed E-state index contributed by atoms with van der Waals surface area (Å²) in [5.41, 5.74) is 7.31. The fourth-order valence-corrected chi connectivity index (χ4v) is 4.22. The van der Waals surface area contributed by atoms with Crippen molar-refractivity contribution in [2.24, 2.45) is 5.92 Å². The van der Waals surface area contributed by atoms with Crippen LogP contribution in [0.25, 0.3) is 11.3 Å². The number of carbonyl (C=O) groups excluding carboxylic acids is 1. The summed E-state index contributed by atoms with van der Waals surface area (Å²) in [7, 11) is 5.20. The fourth-order valence-electron chi connectivity index (χ4n) is 3.23. The lowest BCUT2D eigenvalue weighted by Crippen LogP contribution is -2.43. The first-order chi connectivity index (χ1) is 19.2. The Labute approximate surface area is 246 Å². The standard InChI is InChI=1S/C24H28ClN7O3S.2C2H6/c1-13(32(2)3)35-21(26)15-8-9-16(17(11-15)20-18(34-4)12-27-23(25)28-20)22(33)29-24-31-30-19(36-24)10-7-14-5-6-14;2*1-2/h8-9,11-14,19,24,26,30-31H,5-6H2,1-4H3,(H,29,33);2*1-2H3. The van der Waals surface area contributed by atoms with E-state index in [-0.39, 0.29) is 34.2 Å². The first-order valence-electron chi connectivity index (χ1n) is 13.4. The van der Waals surface area contributed by atoms with Gasteiger partial charge in [0.1, 0.15) is 16.6 Å². The third kappa shape index (κ3) is 9.35. The van der Waals surface area contributed by atoms with Crippen LogP contribution in [0.5, 0.6) is 5.75 Å². The summed E-state index contributed by atoms with van der Waals surface area (Å²) in [6.07, 6.45) is 3.44. The molecule has 1 saturated carbocycles. The molecule has 0 spiro atoms. The summed E-state index contributed by atoms with van der Waals surface area (Å²) < 4.78 is 11.2. The van der Waals surface area contributed by atoms with Gasteiger partial charge in [-0.1, -0.05) is 51.3 Å². The Hall–Kier alpha value is -2.88. The smallest absolute Gasteiger partial charge is 0.253 e. The highest BCUT2D eigenvalue weighted by molar-refractivity contribution is 8.00. The molecule has 3 unspecified atom stereocenters. The molecule has 10 nitrogen and oxygen atoms in total. The van der Waals surface area contributed by atoms with Crippen molar-refractivity contribution in [3.63, 3.8) is 0 Å². The zero-order valence-corrected chi connectivity index (χ0v) is 26.0. The van der Waals surface area contributed by atoms with Crippen molar-refractivity contribution in [2.75, 3.05) is 21.2 Å². The number of benzene rings is 1. The summed E-state index contributed by atoms with van der Waals surface area (Å²) in [6.45, 7) is 9.84. The van der Waals surface area contributed by atoms with Crippen LogP contribution in [0.1, 0.15) is 63.4 Å². The van der Waals surface area contributed by atoms with E-state index in [4.69, 9.17) is 26.5 Å². The van der Waals surface area contributed by atoms with Crippen LogP contribution in [-0.4, -0.2) is 65.0 Å². The van der Waals surface area contributed by atoms with Crippen LogP contribution in [0.3, 0.4) is 0 Å². The number of nitrogens with one attached hydrogen (secondary N) is 4. The maximum atomic E-state index is 13.4. The molecule has 1 aliphatic carbocycles. The first kappa shape index (κ1) is 33.3. The second kappa shape index (κ2) is 16.4. The molecule has 218 valence electrons. The Balaban J connectivity index is 0.00000134. The molecule has 0 bridgehead atoms. The number of hydrazine groups is 1. The van der Waals surface area contributed by atoms with Crippen molar-refractivity contribution in [1.82, 2.24) is 31.0 Å². The molecule has 1 aliphatic heterocycles. The van der Waals surface area contributed by atoms with E-state index in [1.165, 1.54) is 25.1 Å². The zero-order valence-electron chi connectivity index (χ0n) is 24.4. The average Bonchev–Trinajstić information content (AvgIpc) is 3.70. The van der Waals surface area contributed by atoms with E-state index in [9.17, 15) is 4.79 Å². The number of rotatable bonds is 7. The molecule has 1 aromatic carbocycles. The van der Waals surface area contributed by atoms with Crippen LogP contribution in [0.2, 0.25) is 5.28 Å². The van der Waals surface area contributed by atoms with Gasteiger partial charge in [0.2, 0.25) is 11.2 Å². The van der Waals surface area contributed by atoms with Gasteiger partial charge in [-0.2, -0.15) is 0 Å². The van der Waals surface area contributed by atoms with Crippen molar-refractivity contribution in [3.05, 3.63) is 40.8 Å². The maximum absolute atomic E-state index is 13.4. The van der Waals surface area contributed by atoms with Crippen LogP contribution >= 0.6 is 23.4 Å². The number of aromatic nitrogens is 2. The second-order valence-electron chi connectivity index (χ2n) is 8.55. The molecule has 1 saturated heterocycles. The molecule has 12 heteroatoms. The molecule has 2 aromatic rings. The van der Waals surface area contributed by atoms with Gasteiger partial charge < -0.3 is 14.8 Å². The van der Waals surface area contributed by atoms with Crippen molar-refractivity contribution in [3.8, 4) is 28.8 Å². The number of nitrogens with zero attached hydrogens (tertiary/aromatic N) is 3. The van der Waals surface area contributed by atoms with E-state index in [2.05, 4.69) is 38.0 Å². The number of carbonyl (C=O) groups is 1. The Morgan fingerprint density at radius 2 is 1.93 bits per heavy atom. The first-order valence-corrected chi connectivity index (χ1v) is 14.7. The molecule has 4 rings (SSSR count). The fraction of sp³-hybridized carbons (Fsp3) is 0.500. The van der Waals surface area contributed by atoms with Gasteiger partial charge in [-0.15, -0.1) is 0 Å². The van der Waals surface area contributed by atoms with Crippen molar-refractivity contribution < 1.29 is 14.3 Å². The summed E-state index contributed by atoms with van der Waals surface area (Å²) in [5, 5.41) is 11.3. The van der Waals surface area contributed by atoms with Crippen LogP contribution in [0.15, 0.2) is 24.4 Å². The molecule has 0 radical (unpaired) electrons. The van der Waals surface area contributed by atoms with Gasteiger partial charge in [-0.25, -0.2) is 20.8 Å². The molecule has 1 amide bonds. The van der Waals surface area contributed by atoms with E-state index in [0.717, 1.165) is 12.8 Å². The largest absolute Gasteiger partial charge is 0.493 e. The summed E-state index contributed by atoms with van der Waals surface area (Å²) >= 11 is 7.56. The summed E-state index contributed by atoms with van der Waals surface area (Å²) in [6, 6.07) is 4.96.